The van der Waals surface area contributed by atoms with Gasteiger partial charge in [-0.15, -0.1) is 0 Å². The molecule has 1 aromatic rings. The Balaban J connectivity index is 2.50. The van der Waals surface area contributed by atoms with E-state index in [1.165, 1.54) is 0 Å². The molecule has 0 radical (unpaired) electrons. The van der Waals surface area contributed by atoms with E-state index in [2.05, 4.69) is 4.98 Å². The molecular weight excluding hydrogens is 238 g/mol. The monoisotopic (exact) mass is 263 g/mol. The van der Waals surface area contributed by atoms with Gasteiger partial charge in [-0.25, -0.2) is 0 Å². The molecule has 0 spiro atoms. The molecule has 0 saturated carbocycles. The molecule has 0 fully saturated rings. The Labute approximate surface area is 116 Å². The number of aromatic nitrogens is 1. The van der Waals surface area contributed by atoms with E-state index in [0.29, 0.717) is 19.5 Å². The van der Waals surface area contributed by atoms with Gasteiger partial charge in [0.1, 0.15) is 0 Å². The molecule has 0 atom stereocenters. The Bertz CT molecular complexity index is 365. The fourth-order valence-corrected chi connectivity index (χ4v) is 1.99. The molecule has 2 N–H and O–H groups in total. The summed E-state index contributed by atoms with van der Waals surface area (Å²) in [6, 6.07) is 4.12. The first-order chi connectivity index (χ1) is 9.15. The normalized spacial score (nSPS) is 10.7. The molecule has 1 heterocycles. The molecule has 4 heteroatoms. The Morgan fingerprint density at radius 2 is 2.16 bits per heavy atom. The lowest BCUT2D eigenvalue weighted by molar-refractivity contribution is -0.133. The molecule has 19 heavy (non-hydrogen) atoms. The van der Waals surface area contributed by atoms with E-state index in [0.717, 1.165) is 24.8 Å². The van der Waals surface area contributed by atoms with Crippen molar-refractivity contribution in [3.8, 4) is 0 Å². The molecule has 0 aliphatic rings. The minimum atomic E-state index is 0.210. The predicted molar refractivity (Wildman–Crippen MR) is 77.4 cm³/mol. The molecule has 0 saturated heterocycles. The van der Waals surface area contributed by atoms with Gasteiger partial charge in [0, 0.05) is 31.4 Å². The van der Waals surface area contributed by atoms with E-state index in [4.69, 9.17) is 5.73 Å². The van der Waals surface area contributed by atoms with Crippen molar-refractivity contribution < 1.29 is 4.79 Å². The molecular formula is C15H25N3O. The highest BCUT2D eigenvalue weighted by molar-refractivity contribution is 5.76. The molecule has 0 unspecified atom stereocenters. The molecule has 1 amide bonds. The number of unbranched alkanes of at least 4 members (excludes halogenated alkanes) is 2. The number of nitrogens with zero attached hydrogens (tertiary/aromatic N) is 2. The summed E-state index contributed by atoms with van der Waals surface area (Å²) in [6.45, 7) is 5.45. The van der Waals surface area contributed by atoms with E-state index >= 15 is 0 Å². The summed E-state index contributed by atoms with van der Waals surface area (Å²) >= 11 is 0. The van der Waals surface area contributed by atoms with Crippen LogP contribution in [-0.2, 0) is 11.3 Å². The van der Waals surface area contributed by atoms with Crippen LogP contribution in [0.25, 0.3) is 0 Å². The van der Waals surface area contributed by atoms with Crippen molar-refractivity contribution in [3.63, 3.8) is 0 Å². The zero-order chi connectivity index (χ0) is 14.1. The van der Waals surface area contributed by atoms with Gasteiger partial charge in [0.2, 0.25) is 5.91 Å². The van der Waals surface area contributed by atoms with Crippen LogP contribution in [0.3, 0.4) is 0 Å². The van der Waals surface area contributed by atoms with Crippen LogP contribution in [0.2, 0.25) is 0 Å². The molecule has 106 valence electrons. The minimum Gasteiger partial charge on any atom is -0.336 e. The quantitative estimate of drug-likeness (QED) is 0.732. The Morgan fingerprint density at radius 1 is 1.37 bits per heavy atom. The van der Waals surface area contributed by atoms with Gasteiger partial charge < -0.3 is 10.6 Å². The third-order valence-electron chi connectivity index (χ3n) is 3.11. The van der Waals surface area contributed by atoms with Crippen LogP contribution < -0.4 is 5.73 Å². The second-order valence-electron chi connectivity index (χ2n) is 5.08. The first-order valence-corrected chi connectivity index (χ1v) is 7.03. The largest absolute Gasteiger partial charge is 0.336 e. The number of carbonyl (C=O) groups is 1. The van der Waals surface area contributed by atoms with Gasteiger partial charge >= 0.3 is 0 Å². The topological polar surface area (TPSA) is 59.2 Å². The van der Waals surface area contributed by atoms with Crippen molar-refractivity contribution in [3.05, 3.63) is 30.1 Å². The first kappa shape index (κ1) is 15.6. The number of carbonyl (C=O) groups excluding carboxylic acids is 1. The smallest absolute Gasteiger partial charge is 0.223 e. The average Bonchev–Trinajstić information content (AvgIpc) is 2.41. The van der Waals surface area contributed by atoms with E-state index in [1.807, 2.05) is 37.1 Å². The highest BCUT2D eigenvalue weighted by atomic mass is 16.2. The number of pyridine rings is 1. The van der Waals surface area contributed by atoms with Gasteiger partial charge in [0.05, 0.1) is 0 Å². The fourth-order valence-electron chi connectivity index (χ4n) is 1.99. The molecule has 1 rings (SSSR count). The molecule has 1 aromatic heterocycles. The van der Waals surface area contributed by atoms with Crippen molar-refractivity contribution in [2.45, 2.75) is 52.1 Å². The Kier molecular flexibility index (Phi) is 7.11. The van der Waals surface area contributed by atoms with E-state index in [1.54, 1.807) is 6.20 Å². The number of nitrogens with two attached hydrogens (primary N) is 1. The van der Waals surface area contributed by atoms with E-state index < -0.39 is 0 Å². The molecule has 0 aliphatic carbocycles. The lowest BCUT2D eigenvalue weighted by atomic mass is 10.1. The van der Waals surface area contributed by atoms with Crippen LogP contribution >= 0.6 is 0 Å². The van der Waals surface area contributed by atoms with Crippen LogP contribution in [0.1, 0.15) is 45.1 Å². The van der Waals surface area contributed by atoms with Crippen LogP contribution in [0.4, 0.5) is 0 Å². The molecule has 0 aliphatic heterocycles. The zero-order valence-corrected chi connectivity index (χ0v) is 12.0. The fraction of sp³-hybridized carbons (Fsp3) is 0.600. The predicted octanol–water partition coefficient (Wildman–Crippen LogP) is 2.34. The van der Waals surface area contributed by atoms with Gasteiger partial charge in [0.25, 0.3) is 0 Å². The molecule has 4 nitrogen and oxygen atoms in total. The van der Waals surface area contributed by atoms with Gasteiger partial charge in [-0.2, -0.15) is 0 Å². The van der Waals surface area contributed by atoms with Crippen molar-refractivity contribution >= 4 is 5.91 Å². The zero-order valence-electron chi connectivity index (χ0n) is 12.0. The summed E-state index contributed by atoms with van der Waals surface area (Å²) in [4.78, 5) is 18.2. The summed E-state index contributed by atoms with van der Waals surface area (Å²) in [6.07, 6.45) is 7.12. The highest BCUT2D eigenvalue weighted by Gasteiger charge is 2.16. The minimum absolute atomic E-state index is 0.210. The van der Waals surface area contributed by atoms with Crippen molar-refractivity contribution in [1.82, 2.24) is 9.88 Å². The van der Waals surface area contributed by atoms with Crippen LogP contribution in [-0.4, -0.2) is 28.4 Å². The molecule has 0 bridgehead atoms. The SMILES string of the molecule is CC(C)N(Cc1cccnc1)C(=O)CCCCCN. The molecule has 0 aromatic carbocycles. The van der Waals surface area contributed by atoms with Crippen molar-refractivity contribution in [2.75, 3.05) is 6.54 Å². The van der Waals surface area contributed by atoms with Crippen LogP contribution in [0.15, 0.2) is 24.5 Å². The van der Waals surface area contributed by atoms with Gasteiger partial charge in [-0.05, 0) is 44.9 Å². The summed E-state index contributed by atoms with van der Waals surface area (Å²) in [7, 11) is 0. The maximum absolute atomic E-state index is 12.2. The second-order valence-corrected chi connectivity index (χ2v) is 5.08. The van der Waals surface area contributed by atoms with Crippen molar-refractivity contribution in [1.29, 1.82) is 0 Å². The average molecular weight is 263 g/mol. The standard InChI is InChI=1S/C15H25N3O/c1-13(2)18(12-14-7-6-10-17-11-14)15(19)8-4-3-5-9-16/h6-7,10-11,13H,3-5,8-9,12,16H2,1-2H3. The highest BCUT2D eigenvalue weighted by Crippen LogP contribution is 2.11. The van der Waals surface area contributed by atoms with Crippen LogP contribution in [0, 0.1) is 0 Å². The van der Waals surface area contributed by atoms with Crippen molar-refractivity contribution in [2.24, 2.45) is 5.73 Å². The van der Waals surface area contributed by atoms with E-state index in [9.17, 15) is 4.79 Å². The van der Waals surface area contributed by atoms with Crippen LogP contribution in [0.5, 0.6) is 0 Å². The maximum Gasteiger partial charge on any atom is 0.223 e. The summed E-state index contributed by atoms with van der Waals surface area (Å²) < 4.78 is 0. The summed E-state index contributed by atoms with van der Waals surface area (Å²) in [5, 5.41) is 0. The summed E-state index contributed by atoms with van der Waals surface area (Å²) in [5.74, 6) is 0.218. The van der Waals surface area contributed by atoms with Gasteiger partial charge in [0.15, 0.2) is 0 Å². The lowest BCUT2D eigenvalue weighted by Crippen LogP contribution is -2.36. The number of amides is 1. The van der Waals surface area contributed by atoms with Gasteiger partial charge in [-0.3, -0.25) is 9.78 Å². The number of rotatable bonds is 8. The third kappa shape index (κ3) is 5.83. The second kappa shape index (κ2) is 8.64. The maximum atomic E-state index is 12.2. The summed E-state index contributed by atoms with van der Waals surface area (Å²) in [5.41, 5.74) is 6.53. The lowest BCUT2D eigenvalue weighted by Gasteiger charge is -2.27. The first-order valence-electron chi connectivity index (χ1n) is 7.03. The Morgan fingerprint density at radius 3 is 2.74 bits per heavy atom. The third-order valence-corrected chi connectivity index (χ3v) is 3.11. The number of hydrogen-bond acceptors (Lipinski definition) is 3. The van der Waals surface area contributed by atoms with Gasteiger partial charge in [-0.1, -0.05) is 12.5 Å². The Hall–Kier alpha value is -1.42. The van der Waals surface area contributed by atoms with E-state index in [-0.39, 0.29) is 11.9 Å². The number of hydrogen-bond donors (Lipinski definition) is 1.